The highest BCUT2D eigenvalue weighted by Gasteiger charge is 2.49. The zero-order valence-corrected chi connectivity index (χ0v) is 15.7. The Morgan fingerprint density at radius 2 is 2.16 bits per heavy atom. The summed E-state index contributed by atoms with van der Waals surface area (Å²) < 4.78 is 10.8. The lowest BCUT2D eigenvalue weighted by molar-refractivity contribution is -0.177. The summed E-state index contributed by atoms with van der Waals surface area (Å²) in [5.74, 6) is -1.07. The van der Waals surface area contributed by atoms with Crippen LogP contribution >= 0.6 is 0 Å². The molecule has 0 aromatic heterocycles. The van der Waals surface area contributed by atoms with Gasteiger partial charge in [-0.1, -0.05) is 37.6 Å². The highest BCUT2D eigenvalue weighted by Crippen LogP contribution is 2.47. The molecule has 3 aliphatic rings. The average molecular weight is 344 g/mol. The number of carbonyl (C=O) groups excluding carboxylic acids is 1. The minimum absolute atomic E-state index is 0.135. The topological polar surface area (TPSA) is 55.8 Å². The van der Waals surface area contributed by atoms with E-state index in [-0.39, 0.29) is 17.4 Å². The first kappa shape index (κ1) is 18.4. The first-order valence-electron chi connectivity index (χ1n) is 9.04. The summed E-state index contributed by atoms with van der Waals surface area (Å²) in [7, 11) is 1.33. The van der Waals surface area contributed by atoms with E-state index in [1.165, 1.54) is 12.7 Å². The Bertz CT molecular complexity index is 644. The second-order valence-corrected chi connectivity index (χ2v) is 7.97. The number of hydrogen-bond donors (Lipinski definition) is 1. The number of allylic oxidation sites excluding steroid dienone is 3. The van der Waals surface area contributed by atoms with E-state index in [9.17, 15) is 9.90 Å². The summed E-state index contributed by atoms with van der Waals surface area (Å²) in [4.78, 5) is 12.5. The first-order chi connectivity index (χ1) is 11.7. The largest absolute Gasteiger partial charge is 0.466 e. The third-order valence-corrected chi connectivity index (χ3v) is 5.93. The Hall–Kier alpha value is -1.39. The van der Waals surface area contributed by atoms with Gasteiger partial charge in [-0.15, -0.1) is 0 Å². The van der Waals surface area contributed by atoms with Crippen LogP contribution in [0.15, 0.2) is 35.5 Å². The van der Waals surface area contributed by atoms with Crippen LogP contribution in [0.2, 0.25) is 0 Å². The minimum Gasteiger partial charge on any atom is -0.466 e. The van der Waals surface area contributed by atoms with E-state index in [1.807, 2.05) is 13.0 Å². The molecule has 1 N–H and O–H groups in total. The van der Waals surface area contributed by atoms with Gasteiger partial charge >= 0.3 is 5.97 Å². The van der Waals surface area contributed by atoms with Crippen molar-refractivity contribution in [2.75, 3.05) is 7.11 Å². The van der Waals surface area contributed by atoms with Gasteiger partial charge in [0.2, 0.25) is 5.79 Å². The van der Waals surface area contributed by atoms with Gasteiger partial charge in [-0.3, -0.25) is 0 Å². The van der Waals surface area contributed by atoms with E-state index < -0.39 is 17.4 Å². The number of rotatable bonds is 2. The zero-order valence-electron chi connectivity index (χ0n) is 15.7. The Morgan fingerprint density at radius 1 is 1.44 bits per heavy atom. The predicted octanol–water partition coefficient (Wildman–Crippen LogP) is 3.46. The number of carbonyl (C=O) groups is 1. The van der Waals surface area contributed by atoms with Crippen molar-refractivity contribution >= 4 is 5.97 Å². The van der Waals surface area contributed by atoms with Gasteiger partial charge in [0.1, 0.15) is 0 Å². The van der Waals surface area contributed by atoms with Crippen molar-refractivity contribution in [3.05, 3.63) is 41.9 Å². The second kappa shape index (κ2) is 6.40. The SMILES string of the molecule is COC(=O)/C1=C/[C@H]2[C@@H](C(C)C)CC=C(C)[C@@H]2C[C][C@@]2(C)C=C[C@@]1(O)O2. The van der Waals surface area contributed by atoms with Crippen LogP contribution in [0.5, 0.6) is 0 Å². The van der Waals surface area contributed by atoms with Gasteiger partial charge in [0.15, 0.2) is 0 Å². The summed E-state index contributed by atoms with van der Waals surface area (Å²) in [6.45, 7) is 8.42. The molecule has 2 aliphatic heterocycles. The molecule has 25 heavy (non-hydrogen) atoms. The minimum atomic E-state index is -1.76. The lowest BCUT2D eigenvalue weighted by Gasteiger charge is -2.39. The maximum absolute atomic E-state index is 12.5. The molecule has 0 unspecified atom stereocenters. The number of esters is 1. The van der Waals surface area contributed by atoms with Crippen LogP contribution < -0.4 is 0 Å². The fourth-order valence-electron chi connectivity index (χ4n) is 4.34. The third kappa shape index (κ3) is 3.22. The van der Waals surface area contributed by atoms with Crippen molar-refractivity contribution < 1.29 is 19.4 Å². The number of ether oxygens (including phenoxy) is 2. The fraction of sp³-hybridized carbons (Fsp3) is 0.619. The molecule has 0 saturated carbocycles. The molecule has 136 valence electrons. The smallest absolute Gasteiger partial charge is 0.339 e. The highest BCUT2D eigenvalue weighted by molar-refractivity contribution is 5.91. The Balaban J connectivity index is 2.14. The summed E-state index contributed by atoms with van der Waals surface area (Å²) in [6.07, 6.45) is 12.6. The molecule has 2 radical (unpaired) electrons. The molecule has 3 rings (SSSR count). The van der Waals surface area contributed by atoms with E-state index in [2.05, 4.69) is 33.3 Å². The Morgan fingerprint density at radius 3 is 2.80 bits per heavy atom. The Labute approximate surface area is 150 Å². The summed E-state index contributed by atoms with van der Waals surface area (Å²) in [5.41, 5.74) is 0.670. The standard InChI is InChI=1S/C21H28O4/c1-13(2)15-7-6-14(3)16-8-9-20(4)10-11-21(23,25-20)18(12-17(15)16)19(22)24-5/h6,10-13,15-17,23H,7-8H2,1-5H3/b18-12-/t15-,16+,17+,20+,21-/m1/s1. The molecule has 2 heterocycles. The van der Waals surface area contributed by atoms with Crippen molar-refractivity contribution in [3.63, 3.8) is 0 Å². The van der Waals surface area contributed by atoms with Crippen molar-refractivity contribution in [3.8, 4) is 0 Å². The molecule has 5 atom stereocenters. The molecule has 4 heteroatoms. The van der Waals surface area contributed by atoms with E-state index in [1.54, 1.807) is 12.2 Å². The van der Waals surface area contributed by atoms with Crippen LogP contribution in [0.1, 0.15) is 40.5 Å². The van der Waals surface area contributed by atoms with Crippen molar-refractivity contribution in [1.82, 2.24) is 0 Å². The van der Waals surface area contributed by atoms with Gasteiger partial charge in [0.25, 0.3) is 0 Å². The molecular formula is C21H28O4. The quantitative estimate of drug-likeness (QED) is 0.616. The molecule has 0 fully saturated rings. The van der Waals surface area contributed by atoms with Crippen molar-refractivity contribution in [2.24, 2.45) is 23.7 Å². The predicted molar refractivity (Wildman–Crippen MR) is 95.2 cm³/mol. The van der Waals surface area contributed by atoms with Gasteiger partial charge in [0.05, 0.1) is 18.3 Å². The summed E-state index contributed by atoms with van der Waals surface area (Å²) in [6, 6.07) is 0. The molecular weight excluding hydrogens is 316 g/mol. The van der Waals surface area contributed by atoms with E-state index in [0.717, 1.165) is 12.8 Å². The summed E-state index contributed by atoms with van der Waals surface area (Å²) >= 11 is 0. The van der Waals surface area contributed by atoms with Crippen LogP contribution in [-0.4, -0.2) is 29.6 Å². The molecule has 0 spiro atoms. The van der Waals surface area contributed by atoms with Gasteiger partial charge in [-0.05, 0) is 56.4 Å². The normalized spacial score (nSPS) is 42.6. The van der Waals surface area contributed by atoms with Crippen LogP contribution in [0.25, 0.3) is 0 Å². The average Bonchev–Trinajstić information content (AvgIpc) is 2.88. The van der Waals surface area contributed by atoms with Crippen LogP contribution in [0.3, 0.4) is 0 Å². The molecule has 0 aromatic carbocycles. The molecule has 0 saturated heterocycles. The van der Waals surface area contributed by atoms with Crippen LogP contribution in [0.4, 0.5) is 0 Å². The highest BCUT2D eigenvalue weighted by atomic mass is 16.6. The fourth-order valence-corrected chi connectivity index (χ4v) is 4.34. The van der Waals surface area contributed by atoms with Crippen LogP contribution in [-0.2, 0) is 14.3 Å². The molecule has 4 nitrogen and oxygen atoms in total. The van der Waals surface area contributed by atoms with E-state index in [4.69, 9.17) is 9.47 Å². The zero-order chi connectivity index (χ0) is 18.4. The lowest BCUT2D eigenvalue weighted by atomic mass is 9.65. The van der Waals surface area contributed by atoms with Crippen molar-refractivity contribution in [1.29, 1.82) is 0 Å². The molecule has 1 aliphatic carbocycles. The number of aliphatic hydroxyl groups is 1. The number of fused-ring (bicyclic) bond motifs is 3. The van der Waals surface area contributed by atoms with Gasteiger partial charge in [-0.25, -0.2) is 4.79 Å². The third-order valence-electron chi connectivity index (χ3n) is 5.93. The first-order valence-corrected chi connectivity index (χ1v) is 9.04. The Kier molecular flexibility index (Phi) is 4.71. The van der Waals surface area contributed by atoms with E-state index >= 15 is 0 Å². The maximum Gasteiger partial charge on any atom is 0.339 e. The number of methoxy groups -OCH3 is 1. The van der Waals surface area contributed by atoms with Gasteiger partial charge in [0, 0.05) is 6.42 Å². The lowest BCUT2D eigenvalue weighted by Crippen LogP contribution is -2.39. The monoisotopic (exact) mass is 344 g/mol. The summed E-state index contributed by atoms with van der Waals surface area (Å²) in [5, 5.41) is 11.0. The second-order valence-electron chi connectivity index (χ2n) is 7.97. The van der Waals surface area contributed by atoms with Crippen molar-refractivity contribution in [2.45, 2.75) is 51.9 Å². The van der Waals surface area contributed by atoms with Crippen LogP contribution in [0, 0.1) is 30.1 Å². The maximum atomic E-state index is 12.5. The van der Waals surface area contributed by atoms with Gasteiger partial charge < -0.3 is 14.6 Å². The molecule has 0 aromatic rings. The molecule has 0 amide bonds. The molecule has 2 bridgehead atoms. The van der Waals surface area contributed by atoms with E-state index in [0.29, 0.717) is 11.8 Å². The number of hydrogen-bond acceptors (Lipinski definition) is 4. The van der Waals surface area contributed by atoms with Gasteiger partial charge in [-0.2, -0.15) is 0 Å².